The van der Waals surface area contributed by atoms with Gasteiger partial charge >= 0.3 is 11.7 Å². The van der Waals surface area contributed by atoms with Crippen LogP contribution in [0.2, 0.25) is 0 Å². The average Bonchev–Trinajstić information content (AvgIpc) is 3.48. The predicted molar refractivity (Wildman–Crippen MR) is 136 cm³/mol. The lowest BCUT2D eigenvalue weighted by atomic mass is 10.1. The zero-order chi connectivity index (χ0) is 24.2. The molecule has 4 heterocycles. The van der Waals surface area contributed by atoms with Crippen molar-refractivity contribution in [2.75, 3.05) is 25.4 Å². The fourth-order valence-electron chi connectivity index (χ4n) is 4.45. The van der Waals surface area contributed by atoms with E-state index < -0.39 is 0 Å². The fraction of sp³-hybridized carbons (Fsp3) is 0.385. The van der Waals surface area contributed by atoms with Gasteiger partial charge in [0.25, 0.3) is 0 Å². The van der Waals surface area contributed by atoms with E-state index in [2.05, 4.69) is 56.0 Å². The third-order valence-corrected chi connectivity index (χ3v) is 6.35. The van der Waals surface area contributed by atoms with Gasteiger partial charge in [-0.2, -0.15) is 9.97 Å². The first kappa shape index (κ1) is 23.0. The predicted octanol–water partition coefficient (Wildman–Crippen LogP) is 3.59. The molecule has 0 spiro atoms. The molecule has 0 radical (unpaired) electrons. The lowest BCUT2D eigenvalue weighted by Crippen LogP contribution is -2.18. The molecule has 5 rings (SSSR count). The van der Waals surface area contributed by atoms with E-state index in [1.165, 1.54) is 36.1 Å². The molecule has 1 aromatic carbocycles. The molecular formula is C26H31N7O2. The Morgan fingerprint density at radius 1 is 1.09 bits per heavy atom. The van der Waals surface area contributed by atoms with E-state index in [0.29, 0.717) is 24.3 Å². The van der Waals surface area contributed by atoms with Crippen molar-refractivity contribution in [1.82, 2.24) is 29.4 Å². The van der Waals surface area contributed by atoms with E-state index in [1.54, 1.807) is 6.20 Å². The van der Waals surface area contributed by atoms with Crippen LogP contribution in [0.5, 0.6) is 6.01 Å². The number of pyridine rings is 1. The van der Waals surface area contributed by atoms with E-state index >= 15 is 0 Å². The molecule has 182 valence electrons. The van der Waals surface area contributed by atoms with Gasteiger partial charge in [-0.05, 0) is 55.6 Å². The number of ether oxygens (including phenoxy) is 1. The number of nitrogens with one attached hydrogen (secondary N) is 1. The third-order valence-electron chi connectivity index (χ3n) is 6.35. The monoisotopic (exact) mass is 473 g/mol. The number of nitrogen functional groups attached to an aromatic ring is 1. The summed E-state index contributed by atoms with van der Waals surface area (Å²) in [5, 5.41) is 0. The minimum atomic E-state index is -0.301. The molecule has 1 fully saturated rings. The minimum absolute atomic E-state index is 0.179. The smallest absolute Gasteiger partial charge is 0.328 e. The highest BCUT2D eigenvalue weighted by Crippen LogP contribution is 2.22. The van der Waals surface area contributed by atoms with E-state index in [-0.39, 0.29) is 17.5 Å². The molecule has 3 aromatic heterocycles. The first-order valence-corrected chi connectivity index (χ1v) is 12.3. The van der Waals surface area contributed by atoms with Crippen LogP contribution in [0.25, 0.3) is 22.4 Å². The Morgan fingerprint density at radius 3 is 2.71 bits per heavy atom. The van der Waals surface area contributed by atoms with Gasteiger partial charge in [-0.3, -0.25) is 14.5 Å². The highest BCUT2D eigenvalue weighted by atomic mass is 16.5. The van der Waals surface area contributed by atoms with Gasteiger partial charge in [0.1, 0.15) is 5.52 Å². The van der Waals surface area contributed by atoms with E-state index in [0.717, 1.165) is 36.2 Å². The minimum Gasteiger partial charge on any atom is -0.463 e. The van der Waals surface area contributed by atoms with Crippen LogP contribution < -0.4 is 16.2 Å². The number of rotatable bonds is 9. The van der Waals surface area contributed by atoms with Gasteiger partial charge in [-0.15, -0.1) is 0 Å². The molecule has 4 aromatic rings. The molecule has 0 atom stereocenters. The summed E-state index contributed by atoms with van der Waals surface area (Å²) in [5.74, 6) is 0.194. The van der Waals surface area contributed by atoms with Crippen molar-refractivity contribution in [3.63, 3.8) is 0 Å². The van der Waals surface area contributed by atoms with Gasteiger partial charge in [0.15, 0.2) is 11.5 Å². The van der Waals surface area contributed by atoms with Crippen molar-refractivity contribution in [3.05, 3.63) is 64.2 Å². The molecule has 0 amide bonds. The van der Waals surface area contributed by atoms with E-state index in [1.807, 2.05) is 12.1 Å². The highest BCUT2D eigenvalue weighted by Gasteiger charge is 2.16. The number of aromatic nitrogens is 5. The molecule has 0 saturated carbocycles. The Balaban J connectivity index is 1.35. The molecule has 0 unspecified atom stereocenters. The third kappa shape index (κ3) is 5.19. The lowest BCUT2D eigenvalue weighted by molar-refractivity contribution is 0.286. The molecule has 1 aliphatic heterocycles. The number of anilines is 1. The standard InChI is InChI=1S/C26H31N7O2/c1-2-3-13-35-25-30-23(27)22-24(31-25)33(26(34)29-22)17-19-9-10-21(28-15-19)20-8-6-7-18(14-20)16-32-11-4-5-12-32/h6-10,14-15H,2-5,11-13,16-17H2,1H3,(H,29,34)(H2,27,30,31). The Bertz CT molecular complexity index is 1350. The van der Waals surface area contributed by atoms with Gasteiger partial charge in [0.2, 0.25) is 0 Å². The average molecular weight is 474 g/mol. The first-order valence-electron chi connectivity index (χ1n) is 12.3. The number of likely N-dealkylation sites (tertiary alicyclic amines) is 1. The second-order valence-electron chi connectivity index (χ2n) is 9.04. The summed E-state index contributed by atoms with van der Waals surface area (Å²) in [7, 11) is 0. The molecular weight excluding hydrogens is 442 g/mol. The van der Waals surface area contributed by atoms with Crippen LogP contribution in [-0.4, -0.2) is 49.1 Å². The molecule has 1 saturated heterocycles. The summed E-state index contributed by atoms with van der Waals surface area (Å²) in [4.78, 5) is 31.2. The van der Waals surface area contributed by atoms with Crippen molar-refractivity contribution in [1.29, 1.82) is 0 Å². The Morgan fingerprint density at radius 2 is 1.94 bits per heavy atom. The van der Waals surface area contributed by atoms with Crippen LogP contribution in [0.3, 0.4) is 0 Å². The quantitative estimate of drug-likeness (QED) is 0.357. The second kappa shape index (κ2) is 10.3. The summed E-state index contributed by atoms with van der Waals surface area (Å²) < 4.78 is 7.15. The van der Waals surface area contributed by atoms with Gasteiger partial charge < -0.3 is 15.5 Å². The molecule has 3 N–H and O–H groups in total. The van der Waals surface area contributed by atoms with Crippen molar-refractivity contribution in [2.24, 2.45) is 0 Å². The Hall–Kier alpha value is -3.72. The van der Waals surface area contributed by atoms with Gasteiger partial charge in [-0.1, -0.05) is 37.6 Å². The number of H-pyrrole nitrogens is 1. The number of nitrogens with two attached hydrogens (primary N) is 1. The number of imidazole rings is 1. The van der Waals surface area contributed by atoms with Crippen molar-refractivity contribution in [3.8, 4) is 17.3 Å². The lowest BCUT2D eigenvalue weighted by Gasteiger charge is -2.15. The van der Waals surface area contributed by atoms with Crippen LogP contribution in [0, 0.1) is 0 Å². The molecule has 9 heteroatoms. The maximum Gasteiger partial charge on any atom is 0.328 e. The van der Waals surface area contributed by atoms with E-state index in [9.17, 15) is 4.79 Å². The summed E-state index contributed by atoms with van der Waals surface area (Å²) in [6.07, 6.45) is 6.26. The summed E-state index contributed by atoms with van der Waals surface area (Å²) in [5.41, 5.74) is 10.8. The molecule has 35 heavy (non-hydrogen) atoms. The molecule has 9 nitrogen and oxygen atoms in total. The molecule has 1 aliphatic rings. The Labute approximate surface area is 204 Å². The number of benzene rings is 1. The number of fused-ring (bicyclic) bond motifs is 1. The van der Waals surface area contributed by atoms with Crippen molar-refractivity contribution in [2.45, 2.75) is 45.7 Å². The zero-order valence-electron chi connectivity index (χ0n) is 20.0. The SMILES string of the molecule is CCCCOc1nc(N)c2[nH]c(=O)n(Cc3ccc(-c4cccc(CN5CCCC5)c4)nc3)c2n1. The van der Waals surface area contributed by atoms with Gasteiger partial charge in [0.05, 0.1) is 18.8 Å². The number of unbranched alkanes of at least 4 members (excludes halogenated alkanes) is 1. The van der Waals surface area contributed by atoms with Crippen LogP contribution in [0.4, 0.5) is 5.82 Å². The van der Waals surface area contributed by atoms with Gasteiger partial charge in [0, 0.05) is 18.3 Å². The zero-order valence-corrected chi connectivity index (χ0v) is 20.0. The highest BCUT2D eigenvalue weighted by molar-refractivity contribution is 5.82. The maximum absolute atomic E-state index is 12.7. The van der Waals surface area contributed by atoms with Crippen LogP contribution >= 0.6 is 0 Å². The van der Waals surface area contributed by atoms with Crippen LogP contribution in [0.1, 0.15) is 43.7 Å². The van der Waals surface area contributed by atoms with Gasteiger partial charge in [-0.25, -0.2) is 4.79 Å². The first-order chi connectivity index (χ1) is 17.1. The second-order valence-corrected chi connectivity index (χ2v) is 9.04. The molecule has 0 bridgehead atoms. The van der Waals surface area contributed by atoms with Crippen molar-refractivity contribution < 1.29 is 4.74 Å². The maximum atomic E-state index is 12.7. The number of hydrogen-bond acceptors (Lipinski definition) is 7. The van der Waals surface area contributed by atoms with Crippen LogP contribution in [0.15, 0.2) is 47.4 Å². The normalized spacial score (nSPS) is 14.1. The Kier molecular flexibility index (Phi) is 6.76. The number of hydrogen-bond donors (Lipinski definition) is 2. The summed E-state index contributed by atoms with van der Waals surface area (Å²) >= 11 is 0. The van der Waals surface area contributed by atoms with Crippen molar-refractivity contribution >= 4 is 17.0 Å². The number of nitrogens with zero attached hydrogens (tertiary/aromatic N) is 5. The largest absolute Gasteiger partial charge is 0.463 e. The summed E-state index contributed by atoms with van der Waals surface area (Å²) in [6, 6.07) is 12.7. The summed E-state index contributed by atoms with van der Waals surface area (Å²) in [6.45, 7) is 6.22. The number of aromatic amines is 1. The van der Waals surface area contributed by atoms with E-state index in [4.69, 9.17) is 10.5 Å². The molecule has 0 aliphatic carbocycles. The fourth-order valence-corrected chi connectivity index (χ4v) is 4.45. The van der Waals surface area contributed by atoms with Crippen LogP contribution in [-0.2, 0) is 13.1 Å². The topological polar surface area (TPSA) is 115 Å².